The second kappa shape index (κ2) is 6.86. The fraction of sp³-hybridized carbons (Fsp3) is 0.273. The van der Waals surface area contributed by atoms with Crippen molar-refractivity contribution >= 4 is 20.8 Å². The highest BCUT2D eigenvalue weighted by atomic mass is 32.2. The van der Waals surface area contributed by atoms with E-state index >= 15 is 0 Å². The Kier molecular flexibility index (Phi) is 4.55. The van der Waals surface area contributed by atoms with Crippen molar-refractivity contribution in [1.82, 2.24) is 4.72 Å². The summed E-state index contributed by atoms with van der Waals surface area (Å²) in [4.78, 5) is 0.306. The highest BCUT2D eigenvalue weighted by Crippen LogP contribution is 2.26. The maximum atomic E-state index is 12.8. The zero-order valence-electron chi connectivity index (χ0n) is 14.9. The van der Waals surface area contributed by atoms with Crippen LogP contribution in [0.4, 0.5) is 0 Å². The van der Waals surface area contributed by atoms with Crippen LogP contribution in [0, 0.1) is 0 Å². The lowest BCUT2D eigenvalue weighted by atomic mass is 9.89. The molecule has 1 atom stereocenters. The summed E-state index contributed by atoms with van der Waals surface area (Å²) in [5.74, 6) is 0. The van der Waals surface area contributed by atoms with E-state index in [2.05, 4.69) is 22.9 Å². The van der Waals surface area contributed by atoms with Gasteiger partial charge in [-0.1, -0.05) is 48.5 Å². The quantitative estimate of drug-likeness (QED) is 0.725. The van der Waals surface area contributed by atoms with Gasteiger partial charge in [0.15, 0.2) is 0 Å². The number of nitrogens with one attached hydrogen (secondary N) is 1. The van der Waals surface area contributed by atoms with Crippen LogP contribution in [-0.2, 0) is 22.9 Å². The summed E-state index contributed by atoms with van der Waals surface area (Å²) in [5, 5.41) is 1.96. The first-order valence-electron chi connectivity index (χ1n) is 9.16. The molecule has 4 heteroatoms. The highest BCUT2D eigenvalue weighted by Gasteiger charge is 2.20. The van der Waals surface area contributed by atoms with E-state index in [0.717, 1.165) is 29.2 Å². The van der Waals surface area contributed by atoms with Crippen LogP contribution in [-0.4, -0.2) is 8.42 Å². The molecule has 0 aliphatic heterocycles. The highest BCUT2D eigenvalue weighted by molar-refractivity contribution is 7.89. The second-order valence-corrected chi connectivity index (χ2v) is 8.80. The van der Waals surface area contributed by atoms with Crippen molar-refractivity contribution in [1.29, 1.82) is 0 Å². The molecular weight excluding hydrogens is 342 g/mol. The molecule has 3 aromatic carbocycles. The zero-order valence-corrected chi connectivity index (χ0v) is 15.7. The molecule has 0 aromatic heterocycles. The van der Waals surface area contributed by atoms with Crippen LogP contribution < -0.4 is 4.72 Å². The number of rotatable bonds is 4. The fourth-order valence-electron chi connectivity index (χ4n) is 3.73. The summed E-state index contributed by atoms with van der Waals surface area (Å²) >= 11 is 0. The molecule has 0 fully saturated rings. The summed E-state index contributed by atoms with van der Waals surface area (Å²) in [6.07, 6.45) is 4.68. The summed E-state index contributed by atoms with van der Waals surface area (Å²) in [7, 11) is -3.57. The Morgan fingerprint density at radius 1 is 0.846 bits per heavy atom. The molecule has 0 amide bonds. The maximum absolute atomic E-state index is 12.8. The van der Waals surface area contributed by atoms with Crippen LogP contribution in [0.2, 0.25) is 0 Å². The van der Waals surface area contributed by atoms with E-state index in [1.807, 2.05) is 37.3 Å². The minimum absolute atomic E-state index is 0.265. The molecule has 1 N–H and O–H groups in total. The van der Waals surface area contributed by atoms with Crippen LogP contribution in [0.1, 0.15) is 42.5 Å². The Hall–Kier alpha value is -2.17. The lowest BCUT2D eigenvalue weighted by Gasteiger charge is -2.20. The summed E-state index contributed by atoms with van der Waals surface area (Å²) in [5.41, 5.74) is 3.80. The molecule has 0 unspecified atom stereocenters. The minimum atomic E-state index is -3.57. The maximum Gasteiger partial charge on any atom is 0.241 e. The third-order valence-corrected chi connectivity index (χ3v) is 6.77. The molecule has 3 aromatic rings. The molecule has 0 bridgehead atoms. The Balaban J connectivity index is 1.60. The predicted molar refractivity (Wildman–Crippen MR) is 106 cm³/mol. The van der Waals surface area contributed by atoms with E-state index in [1.165, 1.54) is 24.0 Å². The van der Waals surface area contributed by atoms with Crippen LogP contribution in [0.25, 0.3) is 10.8 Å². The van der Waals surface area contributed by atoms with Gasteiger partial charge < -0.3 is 0 Å². The smallest absolute Gasteiger partial charge is 0.207 e. The number of benzene rings is 3. The standard InChI is InChI=1S/C22H23NO2S/c1-16(19-11-10-17-6-2-4-8-20(17)14-19)23-26(24,25)22-13-12-18-7-3-5-9-21(18)15-22/h3,5,7,9-16,23H,2,4,6,8H2,1H3/t16-/m1/s1. The van der Waals surface area contributed by atoms with E-state index in [4.69, 9.17) is 0 Å². The van der Waals surface area contributed by atoms with Gasteiger partial charge in [0.25, 0.3) is 0 Å². The van der Waals surface area contributed by atoms with Gasteiger partial charge in [0.1, 0.15) is 0 Å². The summed E-state index contributed by atoms with van der Waals surface area (Å²) in [6, 6.07) is 19.2. The SMILES string of the molecule is C[C@@H](NS(=O)(=O)c1ccc2ccccc2c1)c1ccc2c(c1)CCCC2. The van der Waals surface area contributed by atoms with E-state index in [1.54, 1.807) is 12.1 Å². The first-order chi connectivity index (χ1) is 12.5. The first kappa shape index (κ1) is 17.3. The topological polar surface area (TPSA) is 46.2 Å². The van der Waals surface area contributed by atoms with Crippen molar-refractivity contribution < 1.29 is 8.42 Å². The second-order valence-electron chi connectivity index (χ2n) is 7.09. The van der Waals surface area contributed by atoms with Gasteiger partial charge >= 0.3 is 0 Å². The van der Waals surface area contributed by atoms with Gasteiger partial charge in [-0.15, -0.1) is 0 Å². The van der Waals surface area contributed by atoms with Crippen LogP contribution in [0.15, 0.2) is 65.6 Å². The third-order valence-electron chi connectivity index (χ3n) is 5.24. The Labute approximate surface area is 155 Å². The molecule has 0 heterocycles. The average molecular weight is 365 g/mol. The Morgan fingerprint density at radius 2 is 1.58 bits per heavy atom. The molecule has 3 nitrogen and oxygen atoms in total. The fourth-order valence-corrected chi connectivity index (χ4v) is 4.99. The largest absolute Gasteiger partial charge is 0.241 e. The number of fused-ring (bicyclic) bond motifs is 2. The zero-order chi connectivity index (χ0) is 18.1. The number of aryl methyl sites for hydroxylation is 2. The molecule has 0 saturated heterocycles. The van der Waals surface area contributed by atoms with E-state index < -0.39 is 10.0 Å². The number of hydrogen-bond acceptors (Lipinski definition) is 2. The molecular formula is C22H23NO2S. The van der Waals surface area contributed by atoms with Crippen molar-refractivity contribution in [2.24, 2.45) is 0 Å². The van der Waals surface area contributed by atoms with Crippen molar-refractivity contribution in [2.75, 3.05) is 0 Å². The molecule has 1 aliphatic rings. The Morgan fingerprint density at radius 3 is 2.38 bits per heavy atom. The lowest BCUT2D eigenvalue weighted by molar-refractivity contribution is 0.566. The summed E-state index contributed by atoms with van der Waals surface area (Å²) < 4.78 is 28.5. The first-order valence-corrected chi connectivity index (χ1v) is 10.6. The molecule has 4 rings (SSSR count). The number of sulfonamides is 1. The lowest BCUT2D eigenvalue weighted by Crippen LogP contribution is -2.27. The minimum Gasteiger partial charge on any atom is -0.207 e. The normalized spacial score (nSPS) is 15.6. The van der Waals surface area contributed by atoms with Gasteiger partial charge in [-0.3, -0.25) is 0 Å². The van der Waals surface area contributed by atoms with Crippen LogP contribution >= 0.6 is 0 Å². The van der Waals surface area contributed by atoms with Gasteiger partial charge in [0, 0.05) is 6.04 Å². The third kappa shape index (κ3) is 3.39. The van der Waals surface area contributed by atoms with Crippen molar-refractivity contribution in [3.05, 3.63) is 77.4 Å². The summed E-state index contributed by atoms with van der Waals surface area (Å²) in [6.45, 7) is 1.91. The van der Waals surface area contributed by atoms with Crippen molar-refractivity contribution in [3.8, 4) is 0 Å². The molecule has 1 aliphatic carbocycles. The van der Waals surface area contributed by atoms with Gasteiger partial charge in [0.2, 0.25) is 10.0 Å². The average Bonchev–Trinajstić information content (AvgIpc) is 2.67. The molecule has 134 valence electrons. The van der Waals surface area contributed by atoms with Gasteiger partial charge in [-0.05, 0) is 72.2 Å². The predicted octanol–water partition coefficient (Wildman–Crippen LogP) is 4.76. The molecule has 0 spiro atoms. The van der Waals surface area contributed by atoms with E-state index in [9.17, 15) is 8.42 Å². The van der Waals surface area contributed by atoms with Gasteiger partial charge in [-0.2, -0.15) is 0 Å². The van der Waals surface area contributed by atoms with Gasteiger partial charge in [-0.25, -0.2) is 13.1 Å². The Bertz CT molecular complexity index is 1060. The van der Waals surface area contributed by atoms with Crippen molar-refractivity contribution in [2.45, 2.75) is 43.5 Å². The van der Waals surface area contributed by atoms with E-state index in [0.29, 0.717) is 4.90 Å². The monoisotopic (exact) mass is 365 g/mol. The van der Waals surface area contributed by atoms with E-state index in [-0.39, 0.29) is 6.04 Å². The van der Waals surface area contributed by atoms with Crippen molar-refractivity contribution in [3.63, 3.8) is 0 Å². The molecule has 0 radical (unpaired) electrons. The van der Waals surface area contributed by atoms with Crippen LogP contribution in [0.5, 0.6) is 0 Å². The molecule has 0 saturated carbocycles. The number of hydrogen-bond donors (Lipinski definition) is 1. The van der Waals surface area contributed by atoms with Gasteiger partial charge in [0.05, 0.1) is 4.90 Å². The molecule has 26 heavy (non-hydrogen) atoms. The van der Waals surface area contributed by atoms with Crippen LogP contribution in [0.3, 0.4) is 0 Å².